The fraction of sp³-hybridized carbons (Fsp3) is 0.286. The molecule has 3 aromatic rings. The molecule has 0 aliphatic heterocycles. The second-order valence-corrected chi connectivity index (χ2v) is 5.97. The van der Waals surface area contributed by atoms with Gasteiger partial charge in [0.2, 0.25) is 0 Å². The number of nitrogens with zero attached hydrogens (tertiary/aromatic N) is 2. The molecule has 5 nitrogen and oxygen atoms in total. The first-order valence-corrected chi connectivity index (χ1v) is 8.61. The smallest absolute Gasteiger partial charge is 0.162 e. The summed E-state index contributed by atoms with van der Waals surface area (Å²) in [6, 6.07) is 12.2. The summed E-state index contributed by atoms with van der Waals surface area (Å²) in [4.78, 5) is 0. The zero-order valence-electron chi connectivity index (χ0n) is 15.7. The Kier molecular flexibility index (Phi) is 5.46. The van der Waals surface area contributed by atoms with E-state index in [1.165, 1.54) is 5.56 Å². The maximum absolute atomic E-state index is 5.44. The average Bonchev–Trinajstić information content (AvgIpc) is 3.06. The SMILES string of the molecule is CCC=C(OC)c1ccc(Cn2cc3cc(OC)c(OC)cc3n2)cc1. The van der Waals surface area contributed by atoms with E-state index < -0.39 is 0 Å². The highest BCUT2D eigenvalue weighted by atomic mass is 16.5. The molecule has 2 aromatic carbocycles. The van der Waals surface area contributed by atoms with E-state index in [4.69, 9.17) is 14.2 Å². The van der Waals surface area contributed by atoms with E-state index in [-0.39, 0.29) is 0 Å². The normalized spacial score (nSPS) is 11.6. The van der Waals surface area contributed by atoms with Crippen molar-refractivity contribution in [2.24, 2.45) is 0 Å². The number of ether oxygens (including phenoxy) is 3. The van der Waals surface area contributed by atoms with E-state index in [1.54, 1.807) is 21.3 Å². The Hall–Kier alpha value is -2.95. The maximum atomic E-state index is 5.44. The van der Waals surface area contributed by atoms with Crippen molar-refractivity contribution in [2.45, 2.75) is 19.9 Å². The van der Waals surface area contributed by atoms with Gasteiger partial charge in [-0.2, -0.15) is 5.10 Å². The molecular weight excluding hydrogens is 328 g/mol. The number of benzene rings is 2. The summed E-state index contributed by atoms with van der Waals surface area (Å²) in [6.45, 7) is 2.79. The van der Waals surface area contributed by atoms with E-state index in [2.05, 4.69) is 42.4 Å². The summed E-state index contributed by atoms with van der Waals surface area (Å²) in [6.07, 6.45) is 5.04. The van der Waals surface area contributed by atoms with Crippen molar-refractivity contribution in [3.8, 4) is 11.5 Å². The van der Waals surface area contributed by atoms with Crippen molar-refractivity contribution in [2.75, 3.05) is 21.3 Å². The molecule has 1 heterocycles. The molecule has 0 N–H and O–H groups in total. The Bertz CT molecular complexity index is 870. The van der Waals surface area contributed by atoms with Crippen molar-refractivity contribution in [1.29, 1.82) is 0 Å². The van der Waals surface area contributed by atoms with E-state index in [1.807, 2.05) is 23.0 Å². The van der Waals surface area contributed by atoms with Gasteiger partial charge in [-0.25, -0.2) is 0 Å². The predicted octanol–water partition coefficient (Wildman–Crippen LogP) is 4.50. The molecule has 26 heavy (non-hydrogen) atoms. The van der Waals surface area contributed by atoms with Crippen LogP contribution < -0.4 is 9.47 Å². The van der Waals surface area contributed by atoms with E-state index in [0.29, 0.717) is 18.0 Å². The number of aromatic nitrogens is 2. The largest absolute Gasteiger partial charge is 0.496 e. The Labute approximate surface area is 153 Å². The van der Waals surface area contributed by atoms with Gasteiger partial charge in [0, 0.05) is 23.2 Å². The average molecular weight is 352 g/mol. The lowest BCUT2D eigenvalue weighted by Crippen LogP contribution is -2.00. The van der Waals surface area contributed by atoms with E-state index >= 15 is 0 Å². The number of hydrogen-bond acceptors (Lipinski definition) is 4. The monoisotopic (exact) mass is 352 g/mol. The van der Waals surface area contributed by atoms with Gasteiger partial charge in [-0.1, -0.05) is 31.2 Å². The van der Waals surface area contributed by atoms with Gasteiger partial charge in [0.1, 0.15) is 5.76 Å². The fourth-order valence-electron chi connectivity index (χ4n) is 2.95. The molecule has 136 valence electrons. The van der Waals surface area contributed by atoms with Crippen LogP contribution in [0.3, 0.4) is 0 Å². The van der Waals surface area contributed by atoms with Gasteiger partial charge in [-0.3, -0.25) is 4.68 Å². The highest BCUT2D eigenvalue weighted by molar-refractivity contribution is 5.82. The molecule has 3 rings (SSSR count). The third kappa shape index (κ3) is 3.67. The zero-order chi connectivity index (χ0) is 18.5. The summed E-state index contributed by atoms with van der Waals surface area (Å²) < 4.78 is 18.1. The fourth-order valence-corrected chi connectivity index (χ4v) is 2.95. The Morgan fingerprint density at radius 2 is 1.73 bits per heavy atom. The Morgan fingerprint density at radius 1 is 1.04 bits per heavy atom. The molecular formula is C21H24N2O3. The summed E-state index contributed by atoms with van der Waals surface area (Å²) in [5, 5.41) is 5.66. The lowest BCUT2D eigenvalue weighted by molar-refractivity contribution is 0.356. The zero-order valence-corrected chi connectivity index (χ0v) is 15.7. The maximum Gasteiger partial charge on any atom is 0.162 e. The van der Waals surface area contributed by atoms with Crippen LogP contribution in [0.4, 0.5) is 0 Å². The van der Waals surface area contributed by atoms with Crippen molar-refractivity contribution >= 4 is 16.7 Å². The minimum absolute atomic E-state index is 0.685. The number of hydrogen-bond donors (Lipinski definition) is 0. The van der Waals surface area contributed by atoms with Gasteiger partial charge in [0.15, 0.2) is 11.5 Å². The molecule has 0 unspecified atom stereocenters. The second-order valence-electron chi connectivity index (χ2n) is 5.97. The third-order valence-electron chi connectivity index (χ3n) is 4.25. The van der Waals surface area contributed by atoms with Crippen LogP contribution in [-0.2, 0) is 11.3 Å². The van der Waals surface area contributed by atoms with E-state index in [9.17, 15) is 0 Å². The molecule has 0 amide bonds. The molecule has 0 fully saturated rings. The Balaban J connectivity index is 1.83. The van der Waals surface area contributed by atoms with Crippen LogP contribution in [0.5, 0.6) is 11.5 Å². The number of methoxy groups -OCH3 is 3. The van der Waals surface area contributed by atoms with Gasteiger partial charge in [-0.15, -0.1) is 0 Å². The summed E-state index contributed by atoms with van der Waals surface area (Å²) in [5.41, 5.74) is 3.14. The van der Waals surface area contributed by atoms with Crippen LogP contribution >= 0.6 is 0 Å². The molecule has 1 aromatic heterocycles. The molecule has 0 spiro atoms. The van der Waals surface area contributed by atoms with Gasteiger partial charge in [0.05, 0.1) is 33.4 Å². The number of allylic oxidation sites excluding steroid dienone is 1. The first kappa shape index (κ1) is 17.9. The van der Waals surface area contributed by atoms with Crippen molar-refractivity contribution < 1.29 is 14.2 Å². The molecule has 0 saturated heterocycles. The van der Waals surface area contributed by atoms with Crippen molar-refractivity contribution in [3.63, 3.8) is 0 Å². The summed E-state index contributed by atoms with van der Waals surface area (Å²) in [7, 11) is 4.97. The van der Waals surface area contributed by atoms with Crippen LogP contribution in [0.15, 0.2) is 48.7 Å². The first-order chi connectivity index (χ1) is 12.7. The second kappa shape index (κ2) is 7.95. The van der Waals surface area contributed by atoms with Gasteiger partial charge >= 0.3 is 0 Å². The molecule has 0 radical (unpaired) electrons. The number of fused-ring (bicyclic) bond motifs is 1. The number of rotatable bonds is 7. The van der Waals surface area contributed by atoms with Crippen molar-refractivity contribution in [1.82, 2.24) is 9.78 Å². The van der Waals surface area contributed by atoms with Crippen molar-refractivity contribution in [3.05, 3.63) is 59.8 Å². The minimum Gasteiger partial charge on any atom is -0.496 e. The van der Waals surface area contributed by atoms with Crippen LogP contribution in [0.1, 0.15) is 24.5 Å². The molecule has 0 bridgehead atoms. The molecule has 0 aliphatic carbocycles. The van der Waals surface area contributed by atoms with Gasteiger partial charge < -0.3 is 14.2 Å². The molecule has 5 heteroatoms. The van der Waals surface area contributed by atoms with Crippen LogP contribution in [0, 0.1) is 0 Å². The van der Waals surface area contributed by atoms with Crippen LogP contribution in [-0.4, -0.2) is 31.1 Å². The first-order valence-electron chi connectivity index (χ1n) is 8.61. The van der Waals surface area contributed by atoms with Gasteiger partial charge in [0.25, 0.3) is 0 Å². The highest BCUT2D eigenvalue weighted by Gasteiger charge is 2.09. The highest BCUT2D eigenvalue weighted by Crippen LogP contribution is 2.31. The summed E-state index contributed by atoms with van der Waals surface area (Å²) in [5.74, 6) is 2.30. The predicted molar refractivity (Wildman–Crippen MR) is 104 cm³/mol. The van der Waals surface area contributed by atoms with Crippen LogP contribution in [0.25, 0.3) is 16.7 Å². The molecule has 0 atom stereocenters. The Morgan fingerprint density at radius 3 is 2.35 bits per heavy atom. The van der Waals surface area contributed by atoms with Crippen LogP contribution in [0.2, 0.25) is 0 Å². The third-order valence-corrected chi connectivity index (χ3v) is 4.25. The lowest BCUT2D eigenvalue weighted by Gasteiger charge is -2.08. The molecule has 0 aliphatic rings. The lowest BCUT2D eigenvalue weighted by atomic mass is 10.1. The summed E-state index contributed by atoms with van der Waals surface area (Å²) >= 11 is 0. The quantitative estimate of drug-likeness (QED) is 0.587. The molecule has 0 saturated carbocycles. The minimum atomic E-state index is 0.685. The van der Waals surface area contributed by atoms with E-state index in [0.717, 1.165) is 28.6 Å². The standard InChI is InChI=1S/C21H24N2O3/c1-5-6-19(24-2)16-9-7-15(8-10-16)13-23-14-17-11-20(25-3)21(26-4)12-18(17)22-23/h6-12,14H,5,13H2,1-4H3. The topological polar surface area (TPSA) is 45.5 Å². The van der Waals surface area contributed by atoms with Gasteiger partial charge in [-0.05, 0) is 24.1 Å².